The number of rotatable bonds is 4. The quantitative estimate of drug-likeness (QED) is 0.650. The average Bonchev–Trinajstić information content (AvgIpc) is 2.42. The van der Waals surface area contributed by atoms with Crippen LogP contribution < -0.4 is 11.1 Å². The van der Waals surface area contributed by atoms with E-state index in [2.05, 4.69) is 5.32 Å². The molecule has 2 aromatic rings. The largest absolute Gasteiger partial charge is 0.398 e. The van der Waals surface area contributed by atoms with Gasteiger partial charge in [0.2, 0.25) is 5.91 Å². The van der Waals surface area contributed by atoms with Gasteiger partial charge in [-0.3, -0.25) is 4.79 Å². The minimum absolute atomic E-state index is 0.128. The van der Waals surface area contributed by atoms with E-state index in [1.54, 1.807) is 24.3 Å². The third-order valence-corrected chi connectivity index (χ3v) is 4.31. The first kappa shape index (κ1) is 15.0. The molecule has 0 aromatic heterocycles. The standard InChI is InChI=1S/C14H12Cl2N2OS/c15-10-6-5-9(7-11(10)16)18-14(19)8-20-13-4-2-1-3-12(13)17/h1-7H,8,17H2,(H,18,19). The van der Waals surface area contributed by atoms with Gasteiger partial charge < -0.3 is 11.1 Å². The van der Waals surface area contributed by atoms with Crippen molar-refractivity contribution < 1.29 is 4.79 Å². The van der Waals surface area contributed by atoms with Gasteiger partial charge in [0.05, 0.1) is 15.8 Å². The van der Waals surface area contributed by atoms with Crippen molar-refractivity contribution in [2.24, 2.45) is 0 Å². The smallest absolute Gasteiger partial charge is 0.234 e. The molecule has 0 spiro atoms. The van der Waals surface area contributed by atoms with Crippen molar-refractivity contribution in [3.63, 3.8) is 0 Å². The van der Waals surface area contributed by atoms with Crippen LogP contribution in [-0.2, 0) is 4.79 Å². The fourth-order valence-corrected chi connectivity index (χ4v) is 2.59. The maximum Gasteiger partial charge on any atom is 0.234 e. The zero-order valence-electron chi connectivity index (χ0n) is 10.4. The van der Waals surface area contributed by atoms with E-state index in [4.69, 9.17) is 28.9 Å². The monoisotopic (exact) mass is 326 g/mol. The Hall–Kier alpha value is -1.36. The van der Waals surface area contributed by atoms with E-state index in [0.29, 0.717) is 21.4 Å². The number of amides is 1. The van der Waals surface area contributed by atoms with Crippen molar-refractivity contribution in [2.45, 2.75) is 4.90 Å². The second kappa shape index (κ2) is 6.88. The molecule has 0 aliphatic heterocycles. The number of anilines is 2. The van der Waals surface area contributed by atoms with Crippen LogP contribution >= 0.6 is 35.0 Å². The molecule has 3 nitrogen and oxygen atoms in total. The van der Waals surface area contributed by atoms with Crippen LogP contribution in [0.25, 0.3) is 0 Å². The van der Waals surface area contributed by atoms with Gasteiger partial charge in [0.25, 0.3) is 0 Å². The Bertz CT molecular complexity index is 634. The number of benzene rings is 2. The molecule has 20 heavy (non-hydrogen) atoms. The molecule has 0 atom stereocenters. The molecule has 0 bridgehead atoms. The molecule has 104 valence electrons. The van der Waals surface area contributed by atoms with Crippen LogP contribution in [-0.4, -0.2) is 11.7 Å². The SMILES string of the molecule is Nc1ccccc1SCC(=O)Nc1ccc(Cl)c(Cl)c1. The van der Waals surface area contributed by atoms with E-state index < -0.39 is 0 Å². The minimum Gasteiger partial charge on any atom is -0.398 e. The van der Waals surface area contributed by atoms with E-state index in [1.807, 2.05) is 18.2 Å². The molecule has 6 heteroatoms. The van der Waals surface area contributed by atoms with E-state index in [0.717, 1.165) is 4.90 Å². The number of carbonyl (C=O) groups is 1. The molecule has 3 N–H and O–H groups in total. The highest BCUT2D eigenvalue weighted by Gasteiger charge is 2.06. The molecule has 0 aliphatic carbocycles. The molecule has 0 radical (unpaired) electrons. The van der Waals surface area contributed by atoms with Crippen LogP contribution in [0.15, 0.2) is 47.4 Å². The molecule has 0 unspecified atom stereocenters. The predicted molar refractivity (Wildman–Crippen MR) is 86.7 cm³/mol. The second-order valence-corrected chi connectivity index (χ2v) is 5.84. The normalized spacial score (nSPS) is 10.3. The number of hydrogen-bond acceptors (Lipinski definition) is 3. The van der Waals surface area contributed by atoms with Gasteiger partial charge in [-0.05, 0) is 30.3 Å². The van der Waals surface area contributed by atoms with Crippen LogP contribution in [0.3, 0.4) is 0 Å². The Labute approximate surface area is 131 Å². The fraction of sp³-hybridized carbons (Fsp3) is 0.0714. The fourth-order valence-electron chi connectivity index (χ4n) is 1.53. The van der Waals surface area contributed by atoms with Gasteiger partial charge in [-0.25, -0.2) is 0 Å². The number of nitrogen functional groups attached to an aromatic ring is 1. The molecule has 0 heterocycles. The highest BCUT2D eigenvalue weighted by molar-refractivity contribution is 8.00. The number of hydrogen-bond donors (Lipinski definition) is 2. The lowest BCUT2D eigenvalue weighted by atomic mass is 10.3. The predicted octanol–water partition coefficient (Wildman–Crippen LogP) is 4.31. The summed E-state index contributed by atoms with van der Waals surface area (Å²) in [7, 11) is 0. The highest BCUT2D eigenvalue weighted by atomic mass is 35.5. The Morgan fingerprint density at radius 3 is 2.60 bits per heavy atom. The summed E-state index contributed by atoms with van der Waals surface area (Å²) in [6, 6.07) is 12.4. The number of nitrogens with two attached hydrogens (primary N) is 1. The van der Waals surface area contributed by atoms with Crippen molar-refractivity contribution in [3.8, 4) is 0 Å². The van der Waals surface area contributed by atoms with E-state index in [1.165, 1.54) is 11.8 Å². The summed E-state index contributed by atoms with van der Waals surface area (Å²) >= 11 is 13.1. The van der Waals surface area contributed by atoms with Gasteiger partial charge in [-0.2, -0.15) is 0 Å². The van der Waals surface area contributed by atoms with Gasteiger partial charge in [0.15, 0.2) is 0 Å². The lowest BCUT2D eigenvalue weighted by Crippen LogP contribution is -2.14. The third-order valence-electron chi connectivity index (χ3n) is 2.48. The zero-order valence-corrected chi connectivity index (χ0v) is 12.7. The topological polar surface area (TPSA) is 55.1 Å². The number of carbonyl (C=O) groups excluding carboxylic acids is 1. The lowest BCUT2D eigenvalue weighted by molar-refractivity contribution is -0.113. The summed E-state index contributed by atoms with van der Waals surface area (Å²) in [5.74, 6) is 0.144. The molecule has 1 amide bonds. The van der Waals surface area contributed by atoms with Crippen LogP contribution in [0.1, 0.15) is 0 Å². The van der Waals surface area contributed by atoms with Gasteiger partial charge in [0, 0.05) is 16.3 Å². The van der Waals surface area contributed by atoms with Gasteiger partial charge in [-0.15, -0.1) is 11.8 Å². The molecular weight excluding hydrogens is 315 g/mol. The molecule has 0 saturated heterocycles. The summed E-state index contributed by atoms with van der Waals surface area (Å²) in [4.78, 5) is 12.7. The molecule has 0 saturated carbocycles. The number of halogens is 2. The Kier molecular flexibility index (Phi) is 5.17. The number of thioether (sulfide) groups is 1. The van der Waals surface area contributed by atoms with E-state index >= 15 is 0 Å². The Morgan fingerprint density at radius 2 is 1.90 bits per heavy atom. The number of para-hydroxylation sites is 1. The summed E-state index contributed by atoms with van der Waals surface area (Å²) in [5.41, 5.74) is 7.09. The summed E-state index contributed by atoms with van der Waals surface area (Å²) < 4.78 is 0. The highest BCUT2D eigenvalue weighted by Crippen LogP contribution is 2.26. The first-order valence-electron chi connectivity index (χ1n) is 5.78. The van der Waals surface area contributed by atoms with Crippen molar-refractivity contribution in [3.05, 3.63) is 52.5 Å². The summed E-state index contributed by atoms with van der Waals surface area (Å²) in [6.45, 7) is 0. The summed E-state index contributed by atoms with van der Waals surface area (Å²) in [5, 5.41) is 3.62. The van der Waals surface area contributed by atoms with E-state index in [9.17, 15) is 4.79 Å². The van der Waals surface area contributed by atoms with Crippen molar-refractivity contribution in [1.82, 2.24) is 0 Å². The maximum atomic E-state index is 11.8. The molecule has 0 fully saturated rings. The van der Waals surface area contributed by atoms with Gasteiger partial charge in [-0.1, -0.05) is 35.3 Å². The maximum absolute atomic E-state index is 11.8. The molecular formula is C14H12Cl2N2OS. The average molecular weight is 327 g/mol. The Balaban J connectivity index is 1.93. The second-order valence-electron chi connectivity index (χ2n) is 4.00. The van der Waals surface area contributed by atoms with Crippen LogP contribution in [0.5, 0.6) is 0 Å². The first-order valence-corrected chi connectivity index (χ1v) is 7.52. The van der Waals surface area contributed by atoms with Crippen LogP contribution in [0.4, 0.5) is 11.4 Å². The van der Waals surface area contributed by atoms with Gasteiger partial charge >= 0.3 is 0 Å². The molecule has 2 aromatic carbocycles. The summed E-state index contributed by atoms with van der Waals surface area (Å²) in [6.07, 6.45) is 0. The molecule has 0 aliphatic rings. The minimum atomic E-state index is -0.128. The first-order chi connectivity index (χ1) is 9.56. The third kappa shape index (κ3) is 4.07. The molecule has 2 rings (SSSR count). The lowest BCUT2D eigenvalue weighted by Gasteiger charge is -2.07. The van der Waals surface area contributed by atoms with Crippen molar-refractivity contribution in [2.75, 3.05) is 16.8 Å². The zero-order chi connectivity index (χ0) is 14.5. The number of nitrogens with one attached hydrogen (secondary N) is 1. The van der Waals surface area contributed by atoms with Gasteiger partial charge in [0.1, 0.15) is 0 Å². The van der Waals surface area contributed by atoms with Crippen molar-refractivity contribution in [1.29, 1.82) is 0 Å². The van der Waals surface area contributed by atoms with Crippen LogP contribution in [0, 0.1) is 0 Å². The Morgan fingerprint density at radius 1 is 1.15 bits per heavy atom. The van der Waals surface area contributed by atoms with Crippen molar-refractivity contribution >= 4 is 52.2 Å². The van der Waals surface area contributed by atoms with E-state index in [-0.39, 0.29) is 11.7 Å². The van der Waals surface area contributed by atoms with Crippen LogP contribution in [0.2, 0.25) is 10.0 Å².